The zero-order valence-corrected chi connectivity index (χ0v) is 5.98. The topological polar surface area (TPSA) is 20.3 Å². The van der Waals surface area contributed by atoms with E-state index in [2.05, 4.69) is 0 Å². The van der Waals surface area contributed by atoms with Crippen LogP contribution in [0.25, 0.3) is 0 Å². The lowest BCUT2D eigenvalue weighted by Crippen LogP contribution is -2.24. The Morgan fingerprint density at radius 1 is 1.20 bits per heavy atom. The van der Waals surface area contributed by atoms with E-state index in [1.54, 1.807) is 0 Å². The average molecular weight is 145 g/mol. The van der Waals surface area contributed by atoms with Crippen LogP contribution in [0.1, 0.15) is 32.1 Å². The van der Waals surface area contributed by atoms with Crippen molar-refractivity contribution in [2.45, 2.75) is 32.1 Å². The van der Waals surface area contributed by atoms with Crippen LogP contribution in [0.15, 0.2) is 0 Å². The van der Waals surface area contributed by atoms with Gasteiger partial charge in [0.25, 0.3) is 0 Å². The largest absolute Gasteiger partial charge is 0.272 e. The number of amides is 1. The standard InChI is InChI=1S/C7H12FNO/c8-9-6-4-2-1-3-5-7(9)10/h1-6H2. The van der Waals surface area contributed by atoms with Crippen molar-refractivity contribution < 1.29 is 9.28 Å². The first kappa shape index (κ1) is 7.51. The summed E-state index contributed by atoms with van der Waals surface area (Å²) < 4.78 is 12.5. The van der Waals surface area contributed by atoms with E-state index in [-0.39, 0.29) is 5.91 Å². The third kappa shape index (κ3) is 1.97. The van der Waals surface area contributed by atoms with Gasteiger partial charge in [-0.3, -0.25) is 4.79 Å². The highest BCUT2D eigenvalue weighted by atomic mass is 19.2. The van der Waals surface area contributed by atoms with Crippen molar-refractivity contribution in [1.82, 2.24) is 5.12 Å². The van der Waals surface area contributed by atoms with Crippen LogP contribution in [0.5, 0.6) is 0 Å². The molecule has 1 fully saturated rings. The highest BCUT2D eigenvalue weighted by Gasteiger charge is 2.13. The van der Waals surface area contributed by atoms with Crippen molar-refractivity contribution in [3.8, 4) is 0 Å². The molecule has 1 amide bonds. The Bertz CT molecular complexity index is 127. The van der Waals surface area contributed by atoms with Gasteiger partial charge < -0.3 is 0 Å². The zero-order chi connectivity index (χ0) is 7.40. The number of carbonyl (C=O) groups is 1. The summed E-state index contributed by atoms with van der Waals surface area (Å²) >= 11 is 0. The first-order valence-electron chi connectivity index (χ1n) is 3.77. The molecule has 0 aliphatic carbocycles. The van der Waals surface area contributed by atoms with Crippen molar-refractivity contribution in [3.05, 3.63) is 0 Å². The maximum absolute atomic E-state index is 12.5. The van der Waals surface area contributed by atoms with E-state index >= 15 is 0 Å². The Morgan fingerprint density at radius 2 is 1.90 bits per heavy atom. The number of halogens is 1. The summed E-state index contributed by atoms with van der Waals surface area (Å²) in [5.41, 5.74) is 0. The molecule has 10 heavy (non-hydrogen) atoms. The normalized spacial score (nSPS) is 22.1. The lowest BCUT2D eigenvalue weighted by atomic mass is 10.1. The molecule has 0 bridgehead atoms. The predicted octanol–water partition coefficient (Wildman–Crippen LogP) is 1.66. The second-order valence-electron chi connectivity index (χ2n) is 2.64. The van der Waals surface area contributed by atoms with Crippen LogP contribution >= 0.6 is 0 Å². The molecule has 0 unspecified atom stereocenters. The molecule has 0 aromatic heterocycles. The summed E-state index contributed by atoms with van der Waals surface area (Å²) in [4.78, 5) is 10.7. The SMILES string of the molecule is O=C1CCCCCCN1F. The van der Waals surface area contributed by atoms with Gasteiger partial charge in [0, 0.05) is 6.42 Å². The molecule has 1 saturated heterocycles. The lowest BCUT2D eigenvalue weighted by Gasteiger charge is -2.14. The van der Waals surface area contributed by atoms with Gasteiger partial charge in [0.1, 0.15) is 0 Å². The van der Waals surface area contributed by atoms with E-state index in [9.17, 15) is 9.28 Å². The van der Waals surface area contributed by atoms with E-state index in [0.717, 1.165) is 25.7 Å². The van der Waals surface area contributed by atoms with Gasteiger partial charge in [0.15, 0.2) is 0 Å². The highest BCUT2D eigenvalue weighted by molar-refractivity contribution is 5.74. The summed E-state index contributed by atoms with van der Waals surface area (Å²) in [5.74, 6) is -0.347. The summed E-state index contributed by atoms with van der Waals surface area (Å²) in [6.07, 6.45) is 4.16. The molecule has 1 rings (SSSR count). The quantitative estimate of drug-likeness (QED) is 0.475. The number of hydrogen-bond acceptors (Lipinski definition) is 1. The Labute approximate surface area is 59.9 Å². The fraction of sp³-hybridized carbons (Fsp3) is 0.857. The van der Waals surface area contributed by atoms with Crippen LogP contribution in [0.3, 0.4) is 0 Å². The molecule has 0 aromatic rings. The van der Waals surface area contributed by atoms with Gasteiger partial charge in [-0.05, 0) is 12.8 Å². The Kier molecular flexibility index (Phi) is 2.66. The molecule has 0 aromatic carbocycles. The second-order valence-corrected chi connectivity index (χ2v) is 2.64. The molecule has 0 radical (unpaired) electrons. The van der Waals surface area contributed by atoms with E-state index in [4.69, 9.17) is 0 Å². The van der Waals surface area contributed by atoms with Gasteiger partial charge in [-0.15, -0.1) is 0 Å². The Balaban J connectivity index is 2.35. The number of nitrogens with zero attached hydrogens (tertiary/aromatic N) is 1. The highest BCUT2D eigenvalue weighted by Crippen LogP contribution is 2.11. The minimum Gasteiger partial charge on any atom is -0.272 e. The summed E-state index contributed by atoms with van der Waals surface area (Å²) in [6, 6.07) is 0. The van der Waals surface area contributed by atoms with Crippen LogP contribution in [0.2, 0.25) is 0 Å². The van der Waals surface area contributed by atoms with E-state index in [1.165, 1.54) is 0 Å². The fourth-order valence-electron chi connectivity index (χ4n) is 1.13. The van der Waals surface area contributed by atoms with Gasteiger partial charge in [0.05, 0.1) is 6.54 Å². The maximum Gasteiger partial charge on any atom is 0.250 e. The van der Waals surface area contributed by atoms with E-state index in [1.807, 2.05) is 0 Å². The molecule has 58 valence electrons. The monoisotopic (exact) mass is 145 g/mol. The van der Waals surface area contributed by atoms with Gasteiger partial charge in [-0.1, -0.05) is 17.3 Å². The Morgan fingerprint density at radius 3 is 2.70 bits per heavy atom. The average Bonchev–Trinajstić information content (AvgIpc) is 1.92. The fourth-order valence-corrected chi connectivity index (χ4v) is 1.13. The smallest absolute Gasteiger partial charge is 0.250 e. The first-order valence-corrected chi connectivity index (χ1v) is 3.77. The number of rotatable bonds is 0. The zero-order valence-electron chi connectivity index (χ0n) is 5.98. The molecule has 1 heterocycles. The summed E-state index contributed by atoms with van der Waals surface area (Å²) in [6.45, 7) is 0.291. The first-order chi connectivity index (χ1) is 4.80. The molecule has 1 aliphatic rings. The van der Waals surface area contributed by atoms with Crippen LogP contribution in [0, 0.1) is 0 Å². The molecule has 3 heteroatoms. The molecule has 0 saturated carbocycles. The molecule has 2 nitrogen and oxygen atoms in total. The van der Waals surface area contributed by atoms with Crippen molar-refractivity contribution in [2.75, 3.05) is 6.54 Å². The van der Waals surface area contributed by atoms with Crippen LogP contribution in [-0.4, -0.2) is 17.6 Å². The molecular weight excluding hydrogens is 133 g/mol. The molecule has 1 aliphatic heterocycles. The van der Waals surface area contributed by atoms with Gasteiger partial charge in [-0.2, -0.15) is 5.12 Å². The van der Waals surface area contributed by atoms with Gasteiger partial charge >= 0.3 is 0 Å². The minimum absolute atomic E-state index is 0.291. The second kappa shape index (κ2) is 3.54. The van der Waals surface area contributed by atoms with Gasteiger partial charge in [-0.25, -0.2) is 0 Å². The Hall–Kier alpha value is -0.600. The third-order valence-electron chi connectivity index (χ3n) is 1.77. The van der Waals surface area contributed by atoms with Crippen molar-refractivity contribution >= 4 is 5.91 Å². The number of hydrogen-bond donors (Lipinski definition) is 0. The van der Waals surface area contributed by atoms with Crippen LogP contribution < -0.4 is 0 Å². The lowest BCUT2D eigenvalue weighted by molar-refractivity contribution is -0.147. The molecule has 0 spiro atoms. The molecular formula is C7H12FNO. The summed E-state index contributed by atoms with van der Waals surface area (Å²) in [7, 11) is 0. The third-order valence-corrected chi connectivity index (χ3v) is 1.77. The van der Waals surface area contributed by atoms with E-state index < -0.39 is 0 Å². The van der Waals surface area contributed by atoms with Crippen molar-refractivity contribution in [2.24, 2.45) is 0 Å². The predicted molar refractivity (Wildman–Crippen MR) is 35.9 cm³/mol. The van der Waals surface area contributed by atoms with E-state index in [0.29, 0.717) is 18.1 Å². The summed E-state index contributed by atoms with van der Waals surface area (Å²) in [5, 5.41) is 0.346. The number of carbonyl (C=O) groups excluding carboxylic acids is 1. The van der Waals surface area contributed by atoms with Gasteiger partial charge in [0.2, 0.25) is 5.91 Å². The molecule has 0 atom stereocenters. The minimum atomic E-state index is -0.347. The molecule has 0 N–H and O–H groups in total. The van der Waals surface area contributed by atoms with Crippen LogP contribution in [0.4, 0.5) is 4.48 Å². The maximum atomic E-state index is 12.5. The van der Waals surface area contributed by atoms with Crippen molar-refractivity contribution in [3.63, 3.8) is 0 Å². The van der Waals surface area contributed by atoms with Crippen molar-refractivity contribution in [1.29, 1.82) is 0 Å². The van der Waals surface area contributed by atoms with Crippen LogP contribution in [-0.2, 0) is 4.79 Å².